The Kier molecular flexibility index (Phi) is 8.65. The third kappa shape index (κ3) is 6.69. The molecule has 1 aliphatic rings. The number of nitrogens with two attached hydrogens (primary N) is 1. The minimum atomic E-state index is -2.78. The maximum absolute atomic E-state index is 12.0. The first kappa shape index (κ1) is 25.6. The van der Waals surface area contributed by atoms with Crippen LogP contribution in [0.25, 0.3) is 0 Å². The van der Waals surface area contributed by atoms with Crippen LogP contribution in [-0.4, -0.2) is 96.3 Å². The number of aliphatic hydroxyl groups excluding tert-OH is 3. The summed E-state index contributed by atoms with van der Waals surface area (Å²) < 4.78 is 10.1. The minimum Gasteiger partial charge on any atom is -0.477 e. The van der Waals surface area contributed by atoms with Crippen LogP contribution in [0.5, 0.6) is 0 Å². The number of hydrogen-bond acceptors (Lipinski definition) is 11. The quantitative estimate of drug-likeness (QED) is 0.126. The Balaban J connectivity index is 2.01. The summed E-state index contributed by atoms with van der Waals surface area (Å²) in [6.45, 7) is 0.558. The Bertz CT molecular complexity index is 791. The molecule has 0 bridgehead atoms. The van der Waals surface area contributed by atoms with Crippen molar-refractivity contribution in [1.82, 2.24) is 15.3 Å². The number of rotatable bonds is 10. The van der Waals surface area contributed by atoms with Crippen LogP contribution >= 0.6 is 0 Å². The predicted octanol–water partition coefficient (Wildman–Crippen LogP) is -3.43. The Morgan fingerprint density at radius 3 is 2.69 bits per heavy atom. The molecular formula is C18H28N4O10. The number of aromatic nitrogens is 2. The Morgan fingerprint density at radius 1 is 1.44 bits per heavy atom. The molecule has 14 nitrogen and oxygen atoms in total. The molecule has 14 heteroatoms. The standard InChI is InChI=1S/C18H28N4O10/c1-8(23)22-15(26)14-12(25)4-18(30,17(28)29)32-13(14)3-10(24)6-31-16(27)11(19)2-9-5-20-7-21-9/h5,7,10-15,24-26,30H,2-4,6,19H2,1H3,(H,20,21)(H,22,23)(H,28,29)/t10-,11+,12-,13-,14-,15-,18-/m0/s1. The number of imidazole rings is 1. The van der Waals surface area contributed by atoms with E-state index in [1.807, 2.05) is 0 Å². The largest absolute Gasteiger partial charge is 0.477 e. The number of ether oxygens (including phenoxy) is 2. The van der Waals surface area contributed by atoms with E-state index >= 15 is 0 Å². The maximum atomic E-state index is 12.0. The summed E-state index contributed by atoms with van der Waals surface area (Å²) in [6, 6.07) is -1.04. The van der Waals surface area contributed by atoms with Crippen molar-refractivity contribution in [3.05, 3.63) is 18.2 Å². The number of aromatic amines is 1. The van der Waals surface area contributed by atoms with Crippen LogP contribution < -0.4 is 11.1 Å². The van der Waals surface area contributed by atoms with Crippen molar-refractivity contribution in [2.24, 2.45) is 11.7 Å². The minimum absolute atomic E-state index is 0.115. The molecule has 7 atom stereocenters. The molecule has 32 heavy (non-hydrogen) atoms. The molecule has 2 heterocycles. The normalized spacial score (nSPS) is 28.4. The summed E-state index contributed by atoms with van der Waals surface area (Å²) in [7, 11) is 0. The first-order valence-electron chi connectivity index (χ1n) is 9.77. The molecule has 1 aromatic rings. The number of H-pyrrole nitrogens is 1. The molecule has 0 radical (unpaired) electrons. The number of amides is 1. The molecule has 1 aromatic heterocycles. The van der Waals surface area contributed by atoms with Crippen LogP contribution in [-0.2, 0) is 30.3 Å². The van der Waals surface area contributed by atoms with Gasteiger partial charge in [-0.15, -0.1) is 0 Å². The van der Waals surface area contributed by atoms with E-state index in [2.05, 4.69) is 15.3 Å². The summed E-state index contributed by atoms with van der Waals surface area (Å²) in [5.41, 5.74) is 6.34. The van der Waals surface area contributed by atoms with Gasteiger partial charge in [-0.3, -0.25) is 9.59 Å². The molecule has 1 fully saturated rings. The smallest absolute Gasteiger partial charge is 0.364 e. The van der Waals surface area contributed by atoms with E-state index < -0.39 is 79.6 Å². The summed E-state index contributed by atoms with van der Waals surface area (Å²) in [5.74, 6) is -7.30. The molecule has 1 aliphatic heterocycles. The number of carboxylic acid groups (broad SMARTS) is 1. The second-order valence-corrected chi connectivity index (χ2v) is 7.65. The van der Waals surface area contributed by atoms with E-state index in [1.165, 1.54) is 12.5 Å². The first-order chi connectivity index (χ1) is 14.9. The fourth-order valence-corrected chi connectivity index (χ4v) is 3.44. The average molecular weight is 460 g/mol. The zero-order valence-electron chi connectivity index (χ0n) is 17.2. The lowest BCUT2D eigenvalue weighted by molar-refractivity contribution is -0.297. The number of carbonyl (C=O) groups is 3. The number of aliphatic carboxylic acids is 1. The van der Waals surface area contributed by atoms with Gasteiger partial charge in [0.15, 0.2) is 0 Å². The van der Waals surface area contributed by atoms with Crippen molar-refractivity contribution in [2.75, 3.05) is 6.61 Å². The molecule has 9 N–H and O–H groups in total. The monoisotopic (exact) mass is 460 g/mol. The molecule has 1 amide bonds. The molecule has 180 valence electrons. The highest BCUT2D eigenvalue weighted by molar-refractivity contribution is 5.76. The van der Waals surface area contributed by atoms with Crippen molar-refractivity contribution in [3.63, 3.8) is 0 Å². The topological polar surface area (TPSA) is 238 Å². The van der Waals surface area contributed by atoms with Crippen molar-refractivity contribution in [2.45, 2.75) is 62.6 Å². The van der Waals surface area contributed by atoms with Gasteiger partial charge in [-0.05, 0) is 0 Å². The van der Waals surface area contributed by atoms with Gasteiger partial charge in [0.25, 0.3) is 5.79 Å². The van der Waals surface area contributed by atoms with Crippen LogP contribution in [0, 0.1) is 5.92 Å². The van der Waals surface area contributed by atoms with E-state index in [4.69, 9.17) is 15.2 Å². The van der Waals surface area contributed by atoms with Crippen molar-refractivity contribution in [3.8, 4) is 0 Å². The number of carboxylic acids is 1. The third-order valence-electron chi connectivity index (χ3n) is 4.98. The first-order valence-corrected chi connectivity index (χ1v) is 9.77. The van der Waals surface area contributed by atoms with Crippen LogP contribution in [0.4, 0.5) is 0 Å². The van der Waals surface area contributed by atoms with Gasteiger partial charge in [0, 0.05) is 38.1 Å². The second-order valence-electron chi connectivity index (χ2n) is 7.65. The van der Waals surface area contributed by atoms with E-state index in [-0.39, 0.29) is 6.42 Å². The van der Waals surface area contributed by atoms with Gasteiger partial charge < -0.3 is 51.0 Å². The molecule has 0 saturated carbocycles. The lowest BCUT2D eigenvalue weighted by Crippen LogP contribution is -2.61. The maximum Gasteiger partial charge on any atom is 0.364 e. The van der Waals surface area contributed by atoms with Crippen LogP contribution in [0.15, 0.2) is 12.5 Å². The Hall–Kier alpha value is -2.62. The fourth-order valence-electron chi connectivity index (χ4n) is 3.44. The third-order valence-corrected chi connectivity index (χ3v) is 4.98. The van der Waals surface area contributed by atoms with Crippen LogP contribution in [0.2, 0.25) is 0 Å². The van der Waals surface area contributed by atoms with E-state index in [9.17, 15) is 39.9 Å². The van der Waals surface area contributed by atoms with Crippen LogP contribution in [0.3, 0.4) is 0 Å². The average Bonchev–Trinajstić information content (AvgIpc) is 3.17. The molecule has 1 saturated heterocycles. The zero-order chi connectivity index (χ0) is 24.1. The second kappa shape index (κ2) is 10.8. The predicted molar refractivity (Wildman–Crippen MR) is 103 cm³/mol. The SMILES string of the molecule is CC(=O)N[C@@H](O)[C@@H]1[C@H](C[C@H](O)COC(=O)[C@H](N)Cc2cnc[nH]2)O[C@](O)(C(=O)O)C[C@@H]1O. The van der Waals surface area contributed by atoms with Gasteiger partial charge in [-0.2, -0.15) is 0 Å². The van der Waals surface area contributed by atoms with E-state index in [1.54, 1.807) is 0 Å². The van der Waals surface area contributed by atoms with Gasteiger partial charge in [0.2, 0.25) is 5.91 Å². The summed E-state index contributed by atoms with van der Waals surface area (Å²) in [4.78, 5) is 41.2. The van der Waals surface area contributed by atoms with Crippen molar-refractivity contribution in [1.29, 1.82) is 0 Å². The lowest BCUT2D eigenvalue weighted by atomic mass is 9.83. The highest BCUT2D eigenvalue weighted by Gasteiger charge is 2.53. The fraction of sp³-hybridized carbons (Fsp3) is 0.667. The van der Waals surface area contributed by atoms with Gasteiger partial charge in [0.05, 0.1) is 30.6 Å². The number of esters is 1. The van der Waals surface area contributed by atoms with Crippen molar-refractivity contribution >= 4 is 17.8 Å². The number of nitrogens with one attached hydrogen (secondary N) is 2. The van der Waals surface area contributed by atoms with Gasteiger partial charge in [0.1, 0.15) is 18.9 Å². The lowest BCUT2D eigenvalue weighted by Gasteiger charge is -2.44. The number of aliphatic hydroxyl groups is 4. The molecule has 0 unspecified atom stereocenters. The summed E-state index contributed by atoms with van der Waals surface area (Å²) >= 11 is 0. The number of nitrogens with zero attached hydrogens (tertiary/aromatic N) is 1. The molecule has 0 spiro atoms. The molecule has 0 aliphatic carbocycles. The zero-order valence-corrected chi connectivity index (χ0v) is 17.2. The van der Waals surface area contributed by atoms with E-state index in [0.717, 1.165) is 6.92 Å². The summed E-state index contributed by atoms with van der Waals surface area (Å²) in [5, 5.41) is 52.3. The molecule has 0 aromatic carbocycles. The van der Waals surface area contributed by atoms with Gasteiger partial charge in [-0.1, -0.05) is 0 Å². The van der Waals surface area contributed by atoms with Gasteiger partial charge in [-0.25, -0.2) is 9.78 Å². The Labute approximate surface area is 182 Å². The number of hydrogen-bond donors (Lipinski definition) is 8. The highest BCUT2D eigenvalue weighted by Crippen LogP contribution is 2.35. The number of carbonyl (C=O) groups excluding carboxylic acids is 2. The van der Waals surface area contributed by atoms with Crippen LogP contribution in [0.1, 0.15) is 25.5 Å². The van der Waals surface area contributed by atoms with Gasteiger partial charge >= 0.3 is 11.9 Å². The molecule has 2 rings (SSSR count). The highest BCUT2D eigenvalue weighted by atomic mass is 16.7. The Morgan fingerprint density at radius 2 is 2.12 bits per heavy atom. The van der Waals surface area contributed by atoms with Crippen molar-refractivity contribution < 1.29 is 49.4 Å². The summed E-state index contributed by atoms with van der Waals surface area (Å²) in [6.07, 6.45) is -4.34. The molecular weight excluding hydrogens is 432 g/mol. The van der Waals surface area contributed by atoms with E-state index in [0.29, 0.717) is 5.69 Å².